The van der Waals surface area contributed by atoms with E-state index in [2.05, 4.69) is 15.1 Å². The van der Waals surface area contributed by atoms with Gasteiger partial charge >= 0.3 is 0 Å². The highest BCUT2D eigenvalue weighted by Crippen LogP contribution is 2.23. The standard InChI is InChI=1S/C22H29N5O3/c1-4-25(17(2)28)16-22(29)27-12-6-11-26(13-14-27)21-10-9-20(23-24-21)18-7-5-8-19(15-18)30-3/h5,7-10,15H,4,6,11-14,16H2,1-3H3. The number of amides is 2. The topological polar surface area (TPSA) is 78.9 Å². The van der Waals surface area contributed by atoms with Gasteiger partial charge in [0.1, 0.15) is 5.75 Å². The minimum Gasteiger partial charge on any atom is -0.497 e. The Morgan fingerprint density at radius 3 is 2.60 bits per heavy atom. The van der Waals surface area contributed by atoms with E-state index in [9.17, 15) is 9.59 Å². The average Bonchev–Trinajstić information content (AvgIpc) is 3.03. The molecule has 160 valence electrons. The fourth-order valence-electron chi connectivity index (χ4n) is 3.54. The number of benzene rings is 1. The number of likely N-dealkylation sites (N-methyl/N-ethyl adjacent to an activating group) is 1. The minimum absolute atomic E-state index is 0.00615. The van der Waals surface area contributed by atoms with E-state index in [1.54, 1.807) is 12.0 Å². The Morgan fingerprint density at radius 1 is 1.10 bits per heavy atom. The summed E-state index contributed by atoms with van der Waals surface area (Å²) in [7, 11) is 1.64. The molecule has 0 saturated carbocycles. The lowest BCUT2D eigenvalue weighted by atomic mass is 10.1. The van der Waals surface area contributed by atoms with Crippen LogP contribution in [0.3, 0.4) is 0 Å². The maximum atomic E-state index is 12.6. The quantitative estimate of drug-likeness (QED) is 0.724. The smallest absolute Gasteiger partial charge is 0.242 e. The molecule has 30 heavy (non-hydrogen) atoms. The first-order chi connectivity index (χ1) is 14.5. The second kappa shape index (κ2) is 10.0. The van der Waals surface area contributed by atoms with Gasteiger partial charge in [-0.05, 0) is 37.6 Å². The van der Waals surface area contributed by atoms with Crippen molar-refractivity contribution < 1.29 is 14.3 Å². The SMILES string of the molecule is CCN(CC(=O)N1CCCN(c2ccc(-c3cccc(OC)c3)nn2)CC1)C(C)=O. The Hall–Kier alpha value is -3.16. The highest BCUT2D eigenvalue weighted by molar-refractivity contribution is 5.83. The summed E-state index contributed by atoms with van der Waals surface area (Å²) < 4.78 is 5.27. The monoisotopic (exact) mass is 411 g/mol. The van der Waals surface area contributed by atoms with Gasteiger partial charge in [-0.3, -0.25) is 9.59 Å². The van der Waals surface area contributed by atoms with Gasteiger partial charge in [-0.1, -0.05) is 12.1 Å². The van der Waals surface area contributed by atoms with Crippen molar-refractivity contribution >= 4 is 17.6 Å². The second-order valence-corrected chi connectivity index (χ2v) is 7.26. The van der Waals surface area contributed by atoms with Crippen LogP contribution in [0.1, 0.15) is 20.3 Å². The lowest BCUT2D eigenvalue weighted by molar-refractivity contribution is -0.139. The van der Waals surface area contributed by atoms with Gasteiger partial charge in [0, 0.05) is 45.2 Å². The van der Waals surface area contributed by atoms with Crippen molar-refractivity contribution in [2.75, 3.05) is 51.3 Å². The molecule has 0 aliphatic carbocycles. The Morgan fingerprint density at radius 2 is 1.93 bits per heavy atom. The Labute approximate surface area is 177 Å². The van der Waals surface area contributed by atoms with E-state index in [-0.39, 0.29) is 18.4 Å². The van der Waals surface area contributed by atoms with E-state index in [1.807, 2.05) is 48.2 Å². The van der Waals surface area contributed by atoms with E-state index >= 15 is 0 Å². The third-order valence-corrected chi connectivity index (χ3v) is 5.34. The van der Waals surface area contributed by atoms with Gasteiger partial charge in [-0.25, -0.2) is 0 Å². The molecule has 1 aromatic carbocycles. The number of aromatic nitrogens is 2. The van der Waals surface area contributed by atoms with Crippen LogP contribution in [0, 0.1) is 0 Å². The maximum absolute atomic E-state index is 12.6. The normalized spacial score (nSPS) is 14.2. The fourth-order valence-corrected chi connectivity index (χ4v) is 3.54. The van der Waals surface area contributed by atoms with Crippen LogP contribution < -0.4 is 9.64 Å². The number of carbonyl (C=O) groups excluding carboxylic acids is 2. The molecule has 1 fully saturated rings. The number of carbonyl (C=O) groups is 2. The first-order valence-electron chi connectivity index (χ1n) is 10.3. The number of hydrogen-bond acceptors (Lipinski definition) is 6. The molecule has 0 spiro atoms. The van der Waals surface area contributed by atoms with Crippen LogP contribution in [0.4, 0.5) is 5.82 Å². The molecule has 1 saturated heterocycles. The van der Waals surface area contributed by atoms with Crippen LogP contribution in [-0.2, 0) is 9.59 Å². The van der Waals surface area contributed by atoms with E-state index in [4.69, 9.17) is 4.74 Å². The van der Waals surface area contributed by atoms with Crippen LogP contribution in [0.15, 0.2) is 36.4 Å². The predicted octanol–water partition coefficient (Wildman–Crippen LogP) is 2.06. The molecule has 0 atom stereocenters. The van der Waals surface area contributed by atoms with Gasteiger partial charge in [0.25, 0.3) is 0 Å². The zero-order valence-corrected chi connectivity index (χ0v) is 17.9. The lowest BCUT2D eigenvalue weighted by Crippen LogP contribution is -2.43. The number of hydrogen-bond donors (Lipinski definition) is 0. The van der Waals surface area contributed by atoms with Gasteiger partial charge < -0.3 is 19.4 Å². The van der Waals surface area contributed by atoms with Crippen LogP contribution in [-0.4, -0.2) is 78.2 Å². The first kappa shape index (κ1) is 21.5. The van der Waals surface area contributed by atoms with Crippen molar-refractivity contribution in [1.29, 1.82) is 0 Å². The number of anilines is 1. The molecule has 1 aliphatic heterocycles. The molecule has 0 N–H and O–H groups in total. The van der Waals surface area contributed by atoms with Gasteiger partial charge in [-0.15, -0.1) is 10.2 Å². The summed E-state index contributed by atoms with van der Waals surface area (Å²) in [6.45, 7) is 6.83. The second-order valence-electron chi connectivity index (χ2n) is 7.26. The minimum atomic E-state index is -0.0753. The Kier molecular flexibility index (Phi) is 7.21. The van der Waals surface area contributed by atoms with Crippen molar-refractivity contribution in [2.45, 2.75) is 20.3 Å². The first-order valence-corrected chi connectivity index (χ1v) is 10.3. The van der Waals surface area contributed by atoms with Crippen molar-refractivity contribution in [2.24, 2.45) is 0 Å². The maximum Gasteiger partial charge on any atom is 0.242 e. The number of rotatable bonds is 6. The molecule has 8 heteroatoms. The van der Waals surface area contributed by atoms with Crippen molar-refractivity contribution in [1.82, 2.24) is 20.0 Å². The Balaban J connectivity index is 1.62. The highest BCUT2D eigenvalue weighted by atomic mass is 16.5. The van der Waals surface area contributed by atoms with E-state index in [0.29, 0.717) is 26.2 Å². The van der Waals surface area contributed by atoms with Crippen LogP contribution in [0.25, 0.3) is 11.3 Å². The van der Waals surface area contributed by atoms with Gasteiger partial charge in [-0.2, -0.15) is 0 Å². The molecule has 0 unspecified atom stereocenters. The van der Waals surface area contributed by atoms with Crippen LogP contribution in [0.5, 0.6) is 5.75 Å². The average molecular weight is 412 g/mol. The van der Waals surface area contributed by atoms with Crippen LogP contribution in [0.2, 0.25) is 0 Å². The molecular formula is C22H29N5O3. The Bertz CT molecular complexity index is 871. The third kappa shape index (κ3) is 5.25. The molecule has 2 aromatic rings. The van der Waals surface area contributed by atoms with Gasteiger partial charge in [0.2, 0.25) is 11.8 Å². The summed E-state index contributed by atoms with van der Waals surface area (Å²) in [5.74, 6) is 1.50. The summed E-state index contributed by atoms with van der Waals surface area (Å²) in [6, 6.07) is 11.6. The molecule has 8 nitrogen and oxygen atoms in total. The van der Waals surface area contributed by atoms with Crippen molar-refractivity contribution in [3.05, 3.63) is 36.4 Å². The van der Waals surface area contributed by atoms with E-state index < -0.39 is 0 Å². The van der Waals surface area contributed by atoms with Gasteiger partial charge in [0.15, 0.2) is 5.82 Å². The fraction of sp³-hybridized carbons (Fsp3) is 0.455. The molecular weight excluding hydrogens is 382 g/mol. The summed E-state index contributed by atoms with van der Waals surface area (Å²) in [5, 5.41) is 8.79. The van der Waals surface area contributed by atoms with Crippen molar-refractivity contribution in [3.8, 4) is 17.0 Å². The molecule has 2 amide bonds. The molecule has 0 bridgehead atoms. The molecule has 3 rings (SSSR count). The number of ether oxygens (including phenoxy) is 1. The third-order valence-electron chi connectivity index (χ3n) is 5.34. The summed E-state index contributed by atoms with van der Waals surface area (Å²) in [5.41, 5.74) is 1.74. The largest absolute Gasteiger partial charge is 0.497 e. The summed E-state index contributed by atoms with van der Waals surface area (Å²) >= 11 is 0. The molecule has 1 aromatic heterocycles. The van der Waals surface area contributed by atoms with Gasteiger partial charge in [0.05, 0.1) is 19.3 Å². The van der Waals surface area contributed by atoms with Crippen LogP contribution >= 0.6 is 0 Å². The van der Waals surface area contributed by atoms with E-state index in [1.165, 1.54) is 6.92 Å². The van der Waals surface area contributed by atoms with Crippen molar-refractivity contribution in [3.63, 3.8) is 0 Å². The lowest BCUT2D eigenvalue weighted by Gasteiger charge is -2.25. The van der Waals surface area contributed by atoms with E-state index in [0.717, 1.165) is 35.8 Å². The predicted molar refractivity (Wildman–Crippen MR) is 115 cm³/mol. The summed E-state index contributed by atoms with van der Waals surface area (Å²) in [4.78, 5) is 29.7. The zero-order valence-electron chi connectivity index (χ0n) is 17.9. The molecule has 0 radical (unpaired) electrons. The zero-order chi connectivity index (χ0) is 21.5. The highest BCUT2D eigenvalue weighted by Gasteiger charge is 2.22. The molecule has 2 heterocycles. The molecule has 1 aliphatic rings. The number of nitrogens with zero attached hydrogens (tertiary/aromatic N) is 5. The number of methoxy groups -OCH3 is 1. The summed E-state index contributed by atoms with van der Waals surface area (Å²) in [6.07, 6.45) is 0.844.